The fraction of sp³-hybridized carbons (Fsp3) is 0.611. The molecule has 0 spiro atoms. The lowest BCUT2D eigenvalue weighted by molar-refractivity contribution is -0.115. The number of anilines is 2. The quantitative estimate of drug-likeness (QED) is 0.762. The summed E-state index contributed by atoms with van der Waals surface area (Å²) in [7, 11) is 2.15. The van der Waals surface area contributed by atoms with E-state index >= 15 is 0 Å². The maximum absolute atomic E-state index is 12.1. The molecule has 1 aromatic rings. The van der Waals surface area contributed by atoms with Crippen molar-refractivity contribution in [2.24, 2.45) is 5.92 Å². The first kappa shape index (κ1) is 21.1. The van der Waals surface area contributed by atoms with Crippen LogP contribution in [0.25, 0.3) is 0 Å². The normalized spacial score (nSPS) is 16.9. The van der Waals surface area contributed by atoms with Crippen LogP contribution in [0.15, 0.2) is 24.3 Å². The lowest BCUT2D eigenvalue weighted by Gasteiger charge is -2.28. The summed E-state index contributed by atoms with van der Waals surface area (Å²) in [5.41, 5.74) is 2.06. The number of carbonyl (C=O) groups excluding carboxylic acids is 1. The number of nitrogens with one attached hydrogen (secondary N) is 2. The lowest BCUT2D eigenvalue weighted by Crippen LogP contribution is -2.32. The fourth-order valence-electron chi connectivity index (χ4n) is 3.28. The van der Waals surface area contributed by atoms with Crippen LogP contribution in [0.1, 0.15) is 38.5 Å². The molecule has 2 saturated carbocycles. The molecule has 4 nitrogen and oxygen atoms in total. The first-order chi connectivity index (χ1) is 10.7. The van der Waals surface area contributed by atoms with E-state index in [4.69, 9.17) is 0 Å². The van der Waals surface area contributed by atoms with E-state index in [0.717, 1.165) is 23.8 Å². The number of halogens is 2. The molecule has 0 saturated heterocycles. The number of hydrogen-bond acceptors (Lipinski definition) is 3. The van der Waals surface area contributed by atoms with Gasteiger partial charge in [0.15, 0.2) is 0 Å². The van der Waals surface area contributed by atoms with Crippen LogP contribution in [0.2, 0.25) is 0 Å². The van der Waals surface area contributed by atoms with Crippen LogP contribution >= 0.6 is 24.8 Å². The van der Waals surface area contributed by atoms with Crippen LogP contribution in [0.4, 0.5) is 11.4 Å². The topological polar surface area (TPSA) is 44.4 Å². The summed E-state index contributed by atoms with van der Waals surface area (Å²) < 4.78 is 0. The summed E-state index contributed by atoms with van der Waals surface area (Å²) in [6.45, 7) is 1.37. The van der Waals surface area contributed by atoms with Crippen molar-refractivity contribution >= 4 is 42.1 Å². The van der Waals surface area contributed by atoms with Gasteiger partial charge in [-0.15, -0.1) is 24.8 Å². The minimum Gasteiger partial charge on any atom is -0.370 e. The average Bonchev–Trinajstić information content (AvgIpc) is 3.18. The molecule has 0 unspecified atom stereocenters. The number of hydrogen-bond donors (Lipinski definition) is 2. The Balaban J connectivity index is 0.00000144. The third kappa shape index (κ3) is 5.83. The third-order valence-electron chi connectivity index (χ3n) is 4.85. The fourth-order valence-corrected chi connectivity index (χ4v) is 3.28. The second-order valence-electron chi connectivity index (χ2n) is 6.69. The summed E-state index contributed by atoms with van der Waals surface area (Å²) in [5, 5.41) is 6.31. The van der Waals surface area contributed by atoms with Crippen molar-refractivity contribution in [2.75, 3.05) is 30.4 Å². The SMILES string of the molecule is CN(c1ccccc1NC(=O)CNCC1CC1)C1CCCC1.Cl.Cl. The van der Waals surface area contributed by atoms with Crippen LogP contribution < -0.4 is 15.5 Å². The highest BCUT2D eigenvalue weighted by Crippen LogP contribution is 2.31. The molecule has 2 aliphatic rings. The van der Waals surface area contributed by atoms with Crippen molar-refractivity contribution in [3.63, 3.8) is 0 Å². The van der Waals surface area contributed by atoms with Crippen molar-refractivity contribution in [1.29, 1.82) is 0 Å². The van der Waals surface area contributed by atoms with Crippen molar-refractivity contribution in [3.8, 4) is 0 Å². The summed E-state index contributed by atoms with van der Waals surface area (Å²) in [6, 6.07) is 8.73. The summed E-state index contributed by atoms with van der Waals surface area (Å²) in [5.74, 6) is 0.849. The molecular formula is C18H29Cl2N3O. The number of rotatable bonds is 7. The second kappa shape index (κ2) is 10.1. The van der Waals surface area contributed by atoms with Crippen molar-refractivity contribution < 1.29 is 4.79 Å². The molecule has 0 radical (unpaired) electrons. The smallest absolute Gasteiger partial charge is 0.238 e. The highest BCUT2D eigenvalue weighted by Gasteiger charge is 2.22. The van der Waals surface area contributed by atoms with E-state index in [1.165, 1.54) is 38.5 Å². The van der Waals surface area contributed by atoms with Crippen molar-refractivity contribution in [1.82, 2.24) is 5.32 Å². The van der Waals surface area contributed by atoms with Gasteiger partial charge in [0.05, 0.1) is 17.9 Å². The molecule has 2 N–H and O–H groups in total. The van der Waals surface area contributed by atoms with E-state index < -0.39 is 0 Å². The molecule has 2 fully saturated rings. The van der Waals surface area contributed by atoms with Crippen LogP contribution in [0.3, 0.4) is 0 Å². The van der Waals surface area contributed by atoms with Crippen LogP contribution in [0, 0.1) is 5.92 Å². The van der Waals surface area contributed by atoms with E-state index in [-0.39, 0.29) is 30.7 Å². The number of carbonyl (C=O) groups is 1. The Morgan fingerprint density at radius 2 is 1.79 bits per heavy atom. The van der Waals surface area contributed by atoms with Gasteiger partial charge < -0.3 is 15.5 Å². The van der Waals surface area contributed by atoms with Gasteiger partial charge in [0.1, 0.15) is 0 Å². The second-order valence-corrected chi connectivity index (χ2v) is 6.69. The van der Waals surface area contributed by atoms with Crippen LogP contribution in [-0.2, 0) is 4.79 Å². The minimum atomic E-state index is 0. The molecule has 6 heteroatoms. The van der Waals surface area contributed by atoms with Gasteiger partial charge in [0.25, 0.3) is 0 Å². The van der Waals surface area contributed by atoms with E-state index in [1.54, 1.807) is 0 Å². The zero-order valence-electron chi connectivity index (χ0n) is 14.3. The molecule has 136 valence electrons. The molecule has 0 heterocycles. The van der Waals surface area contributed by atoms with Crippen LogP contribution in [0.5, 0.6) is 0 Å². The first-order valence-electron chi connectivity index (χ1n) is 8.56. The maximum Gasteiger partial charge on any atom is 0.238 e. The molecule has 1 aromatic carbocycles. The predicted molar refractivity (Wildman–Crippen MR) is 106 cm³/mol. The standard InChI is InChI=1S/C18H27N3O.2ClH/c1-21(15-6-2-3-7-15)17-9-5-4-8-16(17)20-18(22)13-19-12-14-10-11-14;;/h4-5,8-9,14-15,19H,2-3,6-7,10-13H2,1H3,(H,20,22);2*1H. The molecule has 24 heavy (non-hydrogen) atoms. The molecule has 0 aliphatic heterocycles. The van der Waals surface area contributed by atoms with Gasteiger partial charge in [-0.3, -0.25) is 4.79 Å². The number of nitrogens with zero attached hydrogens (tertiary/aromatic N) is 1. The van der Waals surface area contributed by atoms with Gasteiger partial charge in [0.2, 0.25) is 5.91 Å². The van der Waals surface area contributed by atoms with E-state index in [9.17, 15) is 4.79 Å². The molecule has 3 rings (SSSR count). The van der Waals surface area contributed by atoms with Gasteiger partial charge >= 0.3 is 0 Å². The zero-order chi connectivity index (χ0) is 15.4. The Labute approximate surface area is 157 Å². The molecular weight excluding hydrogens is 345 g/mol. The largest absolute Gasteiger partial charge is 0.370 e. The van der Waals surface area contributed by atoms with Gasteiger partial charge in [-0.1, -0.05) is 25.0 Å². The first-order valence-corrected chi connectivity index (χ1v) is 8.56. The van der Waals surface area contributed by atoms with E-state index in [0.29, 0.717) is 12.6 Å². The summed E-state index contributed by atoms with van der Waals surface area (Å²) in [6.07, 6.45) is 7.75. The molecule has 2 aliphatic carbocycles. The molecule has 1 amide bonds. The Morgan fingerprint density at radius 3 is 2.46 bits per heavy atom. The molecule has 0 aromatic heterocycles. The van der Waals surface area contributed by atoms with E-state index in [2.05, 4.69) is 28.6 Å². The Hall–Kier alpha value is -0.970. The zero-order valence-corrected chi connectivity index (χ0v) is 15.9. The van der Waals surface area contributed by atoms with Gasteiger partial charge in [-0.05, 0) is 50.3 Å². The number of para-hydroxylation sites is 2. The van der Waals surface area contributed by atoms with Crippen molar-refractivity contribution in [2.45, 2.75) is 44.6 Å². The molecule has 0 bridgehead atoms. The van der Waals surface area contributed by atoms with E-state index in [1.807, 2.05) is 18.2 Å². The highest BCUT2D eigenvalue weighted by atomic mass is 35.5. The maximum atomic E-state index is 12.1. The van der Waals surface area contributed by atoms with Gasteiger partial charge in [0, 0.05) is 13.1 Å². The Bertz CT molecular complexity index is 517. The number of benzene rings is 1. The van der Waals surface area contributed by atoms with Gasteiger partial charge in [-0.25, -0.2) is 0 Å². The summed E-state index contributed by atoms with van der Waals surface area (Å²) >= 11 is 0. The summed E-state index contributed by atoms with van der Waals surface area (Å²) in [4.78, 5) is 14.5. The number of amides is 1. The third-order valence-corrected chi connectivity index (χ3v) is 4.85. The highest BCUT2D eigenvalue weighted by molar-refractivity contribution is 5.95. The van der Waals surface area contributed by atoms with Gasteiger partial charge in [-0.2, -0.15) is 0 Å². The Kier molecular flexibility index (Phi) is 8.88. The molecule has 0 atom stereocenters. The van der Waals surface area contributed by atoms with Crippen LogP contribution in [-0.4, -0.2) is 32.1 Å². The Morgan fingerprint density at radius 1 is 1.12 bits per heavy atom. The van der Waals surface area contributed by atoms with Crippen molar-refractivity contribution in [3.05, 3.63) is 24.3 Å². The minimum absolute atomic E-state index is 0. The average molecular weight is 374 g/mol. The monoisotopic (exact) mass is 373 g/mol. The predicted octanol–water partition coefficient (Wildman–Crippen LogP) is 3.85. The lowest BCUT2D eigenvalue weighted by atomic mass is 10.1.